The molecule has 1 saturated heterocycles. The second kappa shape index (κ2) is 5.25. The van der Waals surface area contributed by atoms with Gasteiger partial charge in [0.25, 0.3) is 0 Å². The molecule has 1 aromatic carbocycles. The second-order valence-corrected chi connectivity index (χ2v) is 4.49. The predicted molar refractivity (Wildman–Crippen MR) is 65.9 cm³/mol. The van der Waals surface area contributed by atoms with E-state index in [1.807, 2.05) is 0 Å². The molecule has 1 heterocycles. The van der Waals surface area contributed by atoms with Crippen molar-refractivity contribution >= 4 is 23.2 Å². The third-order valence-electron chi connectivity index (χ3n) is 2.82. The van der Waals surface area contributed by atoms with Crippen LogP contribution in [0.1, 0.15) is 6.42 Å². The molecule has 1 aliphatic heterocycles. The number of azide groups is 1. The van der Waals surface area contributed by atoms with Crippen molar-refractivity contribution in [2.24, 2.45) is 11.0 Å². The lowest BCUT2D eigenvalue weighted by atomic mass is 10.1. The second-order valence-electron chi connectivity index (χ2n) is 4.09. The van der Waals surface area contributed by atoms with E-state index >= 15 is 0 Å². The zero-order chi connectivity index (χ0) is 13.1. The lowest BCUT2D eigenvalue weighted by Crippen LogP contribution is -2.24. The molecule has 2 rings (SSSR count). The summed E-state index contributed by atoms with van der Waals surface area (Å²) in [6.45, 7) is 0.744. The molecule has 5 nitrogen and oxygen atoms in total. The minimum atomic E-state index is -0.516. The topological polar surface area (TPSA) is 69.1 Å². The molecule has 1 fully saturated rings. The van der Waals surface area contributed by atoms with Gasteiger partial charge in [-0.05, 0) is 29.6 Å². The Labute approximate surface area is 108 Å². The highest BCUT2D eigenvalue weighted by Crippen LogP contribution is 2.28. The fraction of sp³-hybridized carbons (Fsp3) is 0.364. The molecule has 1 amide bonds. The van der Waals surface area contributed by atoms with Gasteiger partial charge in [-0.2, -0.15) is 0 Å². The summed E-state index contributed by atoms with van der Waals surface area (Å²) in [5.41, 5.74) is 8.81. The molecule has 94 valence electrons. The average molecular weight is 269 g/mol. The van der Waals surface area contributed by atoms with Gasteiger partial charge in [0.15, 0.2) is 0 Å². The monoisotopic (exact) mass is 268 g/mol. The van der Waals surface area contributed by atoms with Crippen LogP contribution in [0.15, 0.2) is 23.3 Å². The predicted octanol–water partition coefficient (Wildman–Crippen LogP) is 3.14. The summed E-state index contributed by atoms with van der Waals surface area (Å²) < 4.78 is 13.0. The van der Waals surface area contributed by atoms with Crippen LogP contribution >= 0.6 is 11.6 Å². The maximum Gasteiger partial charge on any atom is 0.227 e. The molecule has 0 aliphatic carbocycles. The standard InChI is InChI=1S/C11H10ClFN4O/c12-9-4-8(1-2-10(9)13)17-6-7(3-11(17)18)5-15-16-14/h1-2,4,7H,3,5-6H2. The third kappa shape index (κ3) is 2.55. The molecule has 1 atom stereocenters. The summed E-state index contributed by atoms with van der Waals surface area (Å²) in [6.07, 6.45) is 0.327. The zero-order valence-electron chi connectivity index (χ0n) is 9.38. The van der Waals surface area contributed by atoms with Gasteiger partial charge < -0.3 is 4.90 Å². The lowest BCUT2D eigenvalue weighted by Gasteiger charge is -2.16. The molecule has 0 N–H and O–H groups in total. The van der Waals surface area contributed by atoms with Crippen LogP contribution in [0, 0.1) is 11.7 Å². The summed E-state index contributed by atoms with van der Waals surface area (Å²) in [4.78, 5) is 16.0. The smallest absolute Gasteiger partial charge is 0.227 e. The van der Waals surface area contributed by atoms with Crippen LogP contribution in [-0.2, 0) is 4.79 Å². The largest absolute Gasteiger partial charge is 0.312 e. The van der Waals surface area contributed by atoms with E-state index < -0.39 is 5.82 Å². The molecule has 0 bridgehead atoms. The number of nitrogens with zero attached hydrogens (tertiary/aromatic N) is 4. The summed E-state index contributed by atoms with van der Waals surface area (Å²) in [7, 11) is 0. The quantitative estimate of drug-likeness (QED) is 0.472. The van der Waals surface area contributed by atoms with Crippen molar-refractivity contribution < 1.29 is 9.18 Å². The highest BCUT2D eigenvalue weighted by Gasteiger charge is 2.30. The van der Waals surface area contributed by atoms with Crippen molar-refractivity contribution in [3.63, 3.8) is 0 Å². The third-order valence-corrected chi connectivity index (χ3v) is 3.11. The SMILES string of the molecule is [N-]=[N+]=NCC1CC(=O)N(c2ccc(F)c(Cl)c2)C1. The van der Waals surface area contributed by atoms with Crippen molar-refractivity contribution in [1.29, 1.82) is 0 Å². The molecule has 0 radical (unpaired) electrons. The first-order chi connectivity index (χ1) is 8.61. The zero-order valence-corrected chi connectivity index (χ0v) is 10.1. The van der Waals surface area contributed by atoms with Crippen molar-refractivity contribution in [3.8, 4) is 0 Å². The summed E-state index contributed by atoms with van der Waals surface area (Å²) in [5, 5.41) is 3.45. The van der Waals surface area contributed by atoms with E-state index in [0.29, 0.717) is 18.7 Å². The van der Waals surface area contributed by atoms with Crippen molar-refractivity contribution in [1.82, 2.24) is 0 Å². The Morgan fingerprint density at radius 1 is 1.61 bits per heavy atom. The van der Waals surface area contributed by atoms with E-state index in [4.69, 9.17) is 17.1 Å². The number of anilines is 1. The van der Waals surface area contributed by atoms with Crippen molar-refractivity contribution in [2.45, 2.75) is 6.42 Å². The van der Waals surface area contributed by atoms with Crippen LogP contribution in [0.25, 0.3) is 10.4 Å². The molecule has 0 spiro atoms. The van der Waals surface area contributed by atoms with Crippen LogP contribution in [0.3, 0.4) is 0 Å². The molecule has 7 heteroatoms. The molecule has 0 saturated carbocycles. The molecule has 1 unspecified atom stereocenters. The highest BCUT2D eigenvalue weighted by molar-refractivity contribution is 6.31. The maximum absolute atomic E-state index is 13.0. The number of hydrogen-bond acceptors (Lipinski definition) is 2. The number of rotatable bonds is 3. The van der Waals surface area contributed by atoms with Gasteiger partial charge in [-0.1, -0.05) is 16.7 Å². The Bertz CT molecular complexity index is 530. The van der Waals surface area contributed by atoms with Crippen LogP contribution in [-0.4, -0.2) is 19.0 Å². The number of hydrogen-bond donors (Lipinski definition) is 0. The Hall–Kier alpha value is -1.78. The van der Waals surface area contributed by atoms with Crippen LogP contribution in [0.5, 0.6) is 0 Å². The fourth-order valence-electron chi connectivity index (χ4n) is 1.96. The molecular formula is C11H10ClFN4O. The number of benzene rings is 1. The van der Waals surface area contributed by atoms with E-state index in [9.17, 15) is 9.18 Å². The van der Waals surface area contributed by atoms with Gasteiger partial charge in [0.05, 0.1) is 5.02 Å². The van der Waals surface area contributed by atoms with Crippen LogP contribution in [0.4, 0.5) is 10.1 Å². The van der Waals surface area contributed by atoms with Gasteiger partial charge in [0.2, 0.25) is 5.91 Å². The Morgan fingerprint density at radius 2 is 2.39 bits per heavy atom. The Balaban J connectivity index is 2.16. The first-order valence-corrected chi connectivity index (χ1v) is 5.76. The summed E-state index contributed by atoms with van der Waals surface area (Å²) in [5.74, 6) is -0.592. The number of carbonyl (C=O) groups is 1. The van der Waals surface area contributed by atoms with Gasteiger partial charge in [0, 0.05) is 30.1 Å². The van der Waals surface area contributed by atoms with E-state index in [1.54, 1.807) is 0 Å². The average Bonchev–Trinajstić information content (AvgIpc) is 2.71. The molecule has 18 heavy (non-hydrogen) atoms. The van der Waals surface area contributed by atoms with E-state index in [1.165, 1.54) is 23.1 Å². The first-order valence-electron chi connectivity index (χ1n) is 5.38. The van der Waals surface area contributed by atoms with E-state index in [0.717, 1.165) is 0 Å². The molecule has 0 aromatic heterocycles. The van der Waals surface area contributed by atoms with E-state index in [2.05, 4.69) is 10.0 Å². The Kier molecular flexibility index (Phi) is 3.69. The van der Waals surface area contributed by atoms with Gasteiger partial charge >= 0.3 is 0 Å². The number of carbonyl (C=O) groups excluding carboxylic acids is 1. The highest BCUT2D eigenvalue weighted by atomic mass is 35.5. The van der Waals surface area contributed by atoms with Crippen molar-refractivity contribution in [2.75, 3.05) is 18.0 Å². The van der Waals surface area contributed by atoms with Gasteiger partial charge in [-0.15, -0.1) is 0 Å². The summed E-state index contributed by atoms with van der Waals surface area (Å²) in [6, 6.07) is 4.16. The number of halogens is 2. The van der Waals surface area contributed by atoms with Crippen LogP contribution in [0.2, 0.25) is 5.02 Å². The number of amides is 1. The first kappa shape index (κ1) is 12.7. The molecule has 1 aromatic rings. The van der Waals surface area contributed by atoms with Gasteiger partial charge in [-0.3, -0.25) is 4.79 Å². The van der Waals surface area contributed by atoms with Crippen molar-refractivity contribution in [3.05, 3.63) is 39.5 Å². The molecule has 1 aliphatic rings. The fourth-order valence-corrected chi connectivity index (χ4v) is 2.13. The van der Waals surface area contributed by atoms with Crippen LogP contribution < -0.4 is 4.90 Å². The lowest BCUT2D eigenvalue weighted by molar-refractivity contribution is -0.117. The Morgan fingerprint density at radius 3 is 3.06 bits per heavy atom. The van der Waals surface area contributed by atoms with E-state index in [-0.39, 0.29) is 23.4 Å². The maximum atomic E-state index is 13.0. The van der Waals surface area contributed by atoms with Gasteiger partial charge in [-0.25, -0.2) is 4.39 Å². The normalized spacial score (nSPS) is 18.9. The summed E-state index contributed by atoms with van der Waals surface area (Å²) >= 11 is 5.68. The van der Waals surface area contributed by atoms with Gasteiger partial charge in [0.1, 0.15) is 5.82 Å². The molecular weight excluding hydrogens is 259 g/mol. The minimum Gasteiger partial charge on any atom is -0.312 e. The minimum absolute atomic E-state index is 0.00257.